The van der Waals surface area contributed by atoms with Crippen molar-refractivity contribution in [3.63, 3.8) is 0 Å². The minimum atomic E-state index is -1.06. The van der Waals surface area contributed by atoms with Crippen LogP contribution in [0.15, 0.2) is 78.9 Å². The fourth-order valence-corrected chi connectivity index (χ4v) is 5.71. The Morgan fingerprint density at radius 1 is 0.884 bits per heavy atom. The summed E-state index contributed by atoms with van der Waals surface area (Å²) in [5.74, 6) is -1.87. The Labute approximate surface area is 251 Å². The molecule has 3 aromatic carbocycles. The maximum absolute atomic E-state index is 13.5. The van der Waals surface area contributed by atoms with E-state index in [4.69, 9.17) is 5.73 Å². The van der Waals surface area contributed by atoms with Crippen molar-refractivity contribution < 1.29 is 29.0 Å². The number of hydrogen-bond donors (Lipinski definition) is 4. The van der Waals surface area contributed by atoms with E-state index in [0.717, 1.165) is 30.4 Å². The Morgan fingerprint density at radius 3 is 2.12 bits per heavy atom. The number of nitrogens with zero attached hydrogens (tertiary/aromatic N) is 2. The second kappa shape index (κ2) is 15.3. The average molecular weight is 591 g/mol. The van der Waals surface area contributed by atoms with Gasteiger partial charge in [-0.2, -0.15) is 0 Å². The van der Waals surface area contributed by atoms with Gasteiger partial charge in [-0.25, -0.2) is 9.18 Å². The molecule has 0 spiro atoms. The van der Waals surface area contributed by atoms with Crippen LogP contribution in [0.25, 0.3) is 0 Å². The fourth-order valence-electron chi connectivity index (χ4n) is 5.71. The van der Waals surface area contributed by atoms with Gasteiger partial charge in [0, 0.05) is 24.7 Å². The highest BCUT2D eigenvalue weighted by Crippen LogP contribution is 2.38. The van der Waals surface area contributed by atoms with Gasteiger partial charge in [0.25, 0.3) is 0 Å². The van der Waals surface area contributed by atoms with Gasteiger partial charge in [-0.1, -0.05) is 67.4 Å². The van der Waals surface area contributed by atoms with Gasteiger partial charge in [0.1, 0.15) is 11.9 Å². The van der Waals surface area contributed by atoms with E-state index in [9.17, 15) is 29.0 Å². The minimum absolute atomic E-state index is 0.0685. The summed E-state index contributed by atoms with van der Waals surface area (Å²) >= 11 is 0. The first kappa shape index (κ1) is 31.7. The number of carbonyl (C=O) groups is 3. The van der Waals surface area contributed by atoms with Gasteiger partial charge in [-0.05, 0) is 59.7 Å². The van der Waals surface area contributed by atoms with Crippen molar-refractivity contribution in [2.75, 3.05) is 31.2 Å². The normalized spacial score (nSPS) is 17.1. The number of rotatable bonds is 12. The number of amides is 4. The third-order valence-corrected chi connectivity index (χ3v) is 7.93. The van der Waals surface area contributed by atoms with Crippen molar-refractivity contribution in [1.29, 1.82) is 0 Å². The molecule has 43 heavy (non-hydrogen) atoms. The molecule has 0 saturated heterocycles. The van der Waals surface area contributed by atoms with Gasteiger partial charge in [-0.3, -0.25) is 14.5 Å². The van der Waals surface area contributed by atoms with E-state index in [0.29, 0.717) is 17.7 Å². The summed E-state index contributed by atoms with van der Waals surface area (Å²) in [6.07, 6.45) is 3.32. The summed E-state index contributed by atoms with van der Waals surface area (Å²) in [6, 6.07) is 21.0. The highest BCUT2D eigenvalue weighted by molar-refractivity contribution is 5.92. The van der Waals surface area contributed by atoms with Gasteiger partial charge < -0.3 is 26.2 Å². The van der Waals surface area contributed by atoms with Gasteiger partial charge >= 0.3 is 6.03 Å². The maximum atomic E-state index is 13.5. The molecule has 228 valence electrons. The lowest BCUT2D eigenvalue weighted by Gasteiger charge is -2.32. The van der Waals surface area contributed by atoms with E-state index < -0.39 is 17.8 Å². The highest BCUT2D eigenvalue weighted by atomic mass is 19.1. The van der Waals surface area contributed by atoms with Crippen molar-refractivity contribution in [2.24, 2.45) is 11.7 Å². The average Bonchev–Trinajstić information content (AvgIpc) is 3.03. The van der Waals surface area contributed by atoms with E-state index in [1.54, 1.807) is 4.90 Å². The number of aliphatic hydroxyl groups excluding tert-OH is 2. The van der Waals surface area contributed by atoms with Crippen LogP contribution in [0, 0.1) is 11.7 Å². The van der Waals surface area contributed by atoms with E-state index in [-0.39, 0.29) is 56.6 Å². The first-order valence-corrected chi connectivity index (χ1v) is 14.6. The maximum Gasteiger partial charge on any atom is 0.324 e. The number of anilines is 1. The molecule has 3 unspecified atom stereocenters. The smallest absolute Gasteiger partial charge is 0.324 e. The number of halogens is 1. The molecule has 5 N–H and O–H groups in total. The number of nitrogens with two attached hydrogens (primary N) is 1. The largest absolute Gasteiger partial charge is 0.395 e. The summed E-state index contributed by atoms with van der Waals surface area (Å²) in [6.45, 7) is 0.0325. The first-order valence-electron chi connectivity index (χ1n) is 14.6. The summed E-state index contributed by atoms with van der Waals surface area (Å²) in [4.78, 5) is 42.1. The Kier molecular flexibility index (Phi) is 11.2. The molecule has 1 fully saturated rings. The SMILES string of the molecule is NC(=O)C(NC(=O)C1CCCCC1c1ccc(CN(C(=O)N(CCO)CCO)c2ccccc2)cc1)c1ccc(F)cc1. The van der Waals surface area contributed by atoms with Crippen LogP contribution in [-0.2, 0) is 16.1 Å². The number of urea groups is 1. The Hall–Kier alpha value is -4.28. The Bertz CT molecular complexity index is 1350. The van der Waals surface area contributed by atoms with Crippen LogP contribution < -0.4 is 16.0 Å². The lowest BCUT2D eigenvalue weighted by molar-refractivity contribution is -0.131. The zero-order chi connectivity index (χ0) is 30.8. The molecule has 1 aliphatic carbocycles. The van der Waals surface area contributed by atoms with Crippen molar-refractivity contribution in [1.82, 2.24) is 10.2 Å². The van der Waals surface area contributed by atoms with Crippen molar-refractivity contribution >= 4 is 23.5 Å². The van der Waals surface area contributed by atoms with Crippen LogP contribution in [0.5, 0.6) is 0 Å². The molecule has 4 rings (SSSR count). The summed E-state index contributed by atoms with van der Waals surface area (Å²) < 4.78 is 13.4. The van der Waals surface area contributed by atoms with E-state index in [2.05, 4.69) is 5.32 Å². The zero-order valence-electron chi connectivity index (χ0n) is 24.1. The molecule has 3 atom stereocenters. The molecule has 1 saturated carbocycles. The third-order valence-electron chi connectivity index (χ3n) is 7.93. The van der Waals surface area contributed by atoms with Crippen molar-refractivity contribution in [2.45, 2.75) is 44.2 Å². The molecule has 0 aromatic heterocycles. The second-order valence-electron chi connectivity index (χ2n) is 10.8. The van der Waals surface area contributed by atoms with E-state index >= 15 is 0 Å². The summed E-state index contributed by atoms with van der Waals surface area (Å²) in [7, 11) is 0. The van der Waals surface area contributed by atoms with Gasteiger partial charge in [0.05, 0.1) is 19.8 Å². The minimum Gasteiger partial charge on any atom is -0.395 e. The van der Waals surface area contributed by atoms with Gasteiger partial charge in [0.15, 0.2) is 0 Å². The van der Waals surface area contributed by atoms with Crippen molar-refractivity contribution in [3.8, 4) is 0 Å². The number of aliphatic hydroxyl groups is 2. The summed E-state index contributed by atoms with van der Waals surface area (Å²) in [5, 5.41) is 21.7. The number of para-hydroxylation sites is 1. The zero-order valence-corrected chi connectivity index (χ0v) is 24.1. The van der Waals surface area contributed by atoms with E-state index in [1.165, 1.54) is 29.2 Å². The molecule has 10 heteroatoms. The van der Waals surface area contributed by atoms with Crippen LogP contribution in [0.1, 0.15) is 54.3 Å². The Morgan fingerprint density at radius 2 is 1.51 bits per heavy atom. The molecule has 1 aliphatic rings. The predicted octanol–water partition coefficient (Wildman–Crippen LogP) is 3.86. The monoisotopic (exact) mass is 590 g/mol. The number of hydrogen-bond acceptors (Lipinski definition) is 5. The Balaban J connectivity index is 1.52. The summed E-state index contributed by atoms with van der Waals surface area (Å²) in [5.41, 5.74) is 8.57. The third kappa shape index (κ3) is 8.18. The molecule has 0 heterocycles. The molecule has 0 radical (unpaired) electrons. The van der Waals surface area contributed by atoms with E-state index in [1.807, 2.05) is 54.6 Å². The molecular formula is C33H39FN4O5. The predicted molar refractivity (Wildman–Crippen MR) is 161 cm³/mol. The van der Waals surface area contributed by atoms with Crippen LogP contribution in [0.4, 0.5) is 14.9 Å². The quantitative estimate of drug-likeness (QED) is 0.254. The van der Waals surface area contributed by atoms with Crippen LogP contribution in [0.3, 0.4) is 0 Å². The molecule has 3 aromatic rings. The lowest BCUT2D eigenvalue weighted by atomic mass is 9.74. The topological polar surface area (TPSA) is 136 Å². The van der Waals surface area contributed by atoms with Gasteiger partial charge in [0.2, 0.25) is 11.8 Å². The van der Waals surface area contributed by atoms with Crippen molar-refractivity contribution in [3.05, 3.63) is 101 Å². The molecule has 4 amide bonds. The fraction of sp³-hybridized carbons (Fsp3) is 0.364. The van der Waals surface area contributed by atoms with Gasteiger partial charge in [-0.15, -0.1) is 0 Å². The van der Waals surface area contributed by atoms with Crippen LogP contribution >= 0.6 is 0 Å². The first-order chi connectivity index (χ1) is 20.8. The second-order valence-corrected chi connectivity index (χ2v) is 10.8. The standard InChI is InChI=1S/C33H39FN4O5/c34-26-16-14-25(15-17-26)30(31(35)41)36-32(42)29-9-5-4-8-28(29)24-12-10-23(11-13-24)22-38(27-6-2-1-3-7-27)33(43)37(18-20-39)19-21-40/h1-3,6-7,10-17,28-30,39-40H,4-5,8-9,18-22H2,(H2,35,41)(H,36,42). The van der Waals surface area contributed by atoms with Crippen LogP contribution in [-0.4, -0.2) is 59.3 Å². The molecule has 0 bridgehead atoms. The lowest BCUT2D eigenvalue weighted by Crippen LogP contribution is -2.45. The van der Waals surface area contributed by atoms with Crippen LogP contribution in [0.2, 0.25) is 0 Å². The molecule has 9 nitrogen and oxygen atoms in total. The number of benzene rings is 3. The molecular weight excluding hydrogens is 551 g/mol. The number of primary amides is 1. The molecule has 0 aliphatic heterocycles. The number of nitrogens with one attached hydrogen (secondary N) is 1. The highest BCUT2D eigenvalue weighted by Gasteiger charge is 2.34. The number of carbonyl (C=O) groups excluding carboxylic acids is 3.